The lowest BCUT2D eigenvalue weighted by atomic mass is 9.56. The molecule has 0 bridgehead atoms. The van der Waals surface area contributed by atoms with Crippen molar-refractivity contribution in [1.82, 2.24) is 0 Å². The number of benzene rings is 1. The summed E-state index contributed by atoms with van der Waals surface area (Å²) in [7, 11) is 1.74. The number of fused-ring (bicyclic) bond motifs is 5. The van der Waals surface area contributed by atoms with Crippen molar-refractivity contribution in [1.29, 1.82) is 0 Å². The molecule has 1 aromatic carbocycles. The first-order chi connectivity index (χ1) is 11.5. The predicted molar refractivity (Wildman–Crippen MR) is 93.2 cm³/mol. The standard InChI is InChI=1S/C21H28O3/c1-13(22)24-16-11-20-19-6-4-14-10-15(23-3)5-7-17(14)18(19)8-9-21(20,2)12-16/h5,7,10,16,18-20H,4,6,8-9,11-12H2,1-3H3/t16-,18-,19-,20+,21-/m1/s1. The number of methoxy groups -OCH3 is 1. The third-order valence-electron chi connectivity index (χ3n) is 7.00. The molecular weight excluding hydrogens is 300 g/mol. The maximum Gasteiger partial charge on any atom is 0.302 e. The second-order valence-electron chi connectivity index (χ2n) is 8.34. The molecule has 0 aromatic heterocycles. The summed E-state index contributed by atoms with van der Waals surface area (Å²) in [6.07, 6.45) is 7.18. The Balaban J connectivity index is 1.60. The van der Waals surface area contributed by atoms with Crippen molar-refractivity contribution in [3.8, 4) is 5.75 Å². The van der Waals surface area contributed by atoms with Crippen LogP contribution >= 0.6 is 0 Å². The molecule has 0 unspecified atom stereocenters. The van der Waals surface area contributed by atoms with Crippen molar-refractivity contribution in [2.24, 2.45) is 17.3 Å². The first kappa shape index (κ1) is 16.0. The van der Waals surface area contributed by atoms with Gasteiger partial charge in [-0.25, -0.2) is 0 Å². The summed E-state index contributed by atoms with van der Waals surface area (Å²) < 4.78 is 11.0. The van der Waals surface area contributed by atoms with Gasteiger partial charge in [-0.15, -0.1) is 0 Å². The zero-order valence-corrected chi connectivity index (χ0v) is 15.0. The second-order valence-corrected chi connectivity index (χ2v) is 8.34. The highest BCUT2D eigenvalue weighted by atomic mass is 16.5. The van der Waals surface area contributed by atoms with Crippen molar-refractivity contribution in [3.05, 3.63) is 29.3 Å². The van der Waals surface area contributed by atoms with Crippen LogP contribution in [0, 0.1) is 17.3 Å². The van der Waals surface area contributed by atoms with Crippen LogP contribution in [0.2, 0.25) is 0 Å². The normalized spacial score (nSPS) is 37.1. The van der Waals surface area contributed by atoms with E-state index in [4.69, 9.17) is 9.47 Å². The number of esters is 1. The molecule has 0 heterocycles. The molecule has 2 saturated carbocycles. The minimum Gasteiger partial charge on any atom is -0.497 e. The Bertz CT molecular complexity index is 652. The van der Waals surface area contributed by atoms with E-state index in [1.54, 1.807) is 12.7 Å². The molecular formula is C21H28O3. The number of rotatable bonds is 2. The lowest BCUT2D eigenvalue weighted by Crippen LogP contribution is -2.39. The Kier molecular flexibility index (Phi) is 3.85. The Morgan fingerprint density at radius 1 is 1.29 bits per heavy atom. The van der Waals surface area contributed by atoms with Crippen molar-refractivity contribution >= 4 is 5.97 Å². The molecule has 3 aliphatic carbocycles. The van der Waals surface area contributed by atoms with E-state index in [0.29, 0.717) is 17.3 Å². The number of ether oxygens (including phenoxy) is 2. The van der Waals surface area contributed by atoms with Crippen molar-refractivity contribution in [2.75, 3.05) is 7.11 Å². The van der Waals surface area contributed by atoms with Crippen LogP contribution in [0.5, 0.6) is 5.75 Å². The average molecular weight is 328 g/mol. The summed E-state index contributed by atoms with van der Waals surface area (Å²) >= 11 is 0. The van der Waals surface area contributed by atoms with Crippen molar-refractivity contribution in [3.63, 3.8) is 0 Å². The summed E-state index contributed by atoms with van der Waals surface area (Å²) in [6.45, 7) is 3.97. The topological polar surface area (TPSA) is 35.5 Å². The van der Waals surface area contributed by atoms with Gasteiger partial charge in [0.25, 0.3) is 0 Å². The van der Waals surface area contributed by atoms with Crippen molar-refractivity contribution < 1.29 is 14.3 Å². The minimum atomic E-state index is -0.125. The fourth-order valence-corrected chi connectivity index (χ4v) is 6.00. The van der Waals surface area contributed by atoms with Crippen molar-refractivity contribution in [2.45, 2.75) is 64.4 Å². The fraction of sp³-hybridized carbons (Fsp3) is 0.667. The molecule has 4 rings (SSSR count). The van der Waals surface area contributed by atoms with Crippen LogP contribution in [0.3, 0.4) is 0 Å². The molecule has 1 aromatic rings. The van der Waals surface area contributed by atoms with E-state index in [2.05, 4.69) is 25.1 Å². The van der Waals surface area contributed by atoms with Gasteiger partial charge in [0.1, 0.15) is 11.9 Å². The lowest BCUT2D eigenvalue weighted by molar-refractivity contribution is -0.146. The van der Waals surface area contributed by atoms with Gasteiger partial charge in [-0.3, -0.25) is 4.79 Å². The Morgan fingerprint density at radius 2 is 2.12 bits per heavy atom. The summed E-state index contributed by atoms with van der Waals surface area (Å²) in [5.74, 6) is 2.96. The van der Waals surface area contributed by atoms with Gasteiger partial charge in [0.05, 0.1) is 7.11 Å². The largest absolute Gasteiger partial charge is 0.497 e. The van der Waals surface area contributed by atoms with Crippen LogP contribution in [0.25, 0.3) is 0 Å². The van der Waals surface area contributed by atoms with Gasteiger partial charge in [-0.05, 0) is 85.0 Å². The molecule has 0 saturated heterocycles. The van der Waals surface area contributed by atoms with Crippen LogP contribution in [0.1, 0.15) is 63.0 Å². The summed E-state index contributed by atoms with van der Waals surface area (Å²) in [5.41, 5.74) is 3.38. The van der Waals surface area contributed by atoms with E-state index >= 15 is 0 Å². The van der Waals surface area contributed by atoms with Gasteiger partial charge in [-0.2, -0.15) is 0 Å². The molecule has 3 aliphatic rings. The average Bonchev–Trinajstić information content (AvgIpc) is 2.89. The van der Waals surface area contributed by atoms with E-state index in [1.165, 1.54) is 31.7 Å². The van der Waals surface area contributed by atoms with E-state index < -0.39 is 0 Å². The highest BCUT2D eigenvalue weighted by Crippen LogP contribution is 2.61. The molecule has 0 amide bonds. The molecule has 3 nitrogen and oxygen atoms in total. The van der Waals surface area contributed by atoms with Gasteiger partial charge >= 0.3 is 5.97 Å². The molecule has 5 atom stereocenters. The predicted octanol–water partition coefficient (Wildman–Crippen LogP) is 4.48. The van der Waals surface area contributed by atoms with Gasteiger partial charge in [0.2, 0.25) is 0 Å². The molecule has 2 fully saturated rings. The smallest absolute Gasteiger partial charge is 0.302 e. The minimum absolute atomic E-state index is 0.125. The maximum absolute atomic E-state index is 11.4. The fourth-order valence-electron chi connectivity index (χ4n) is 6.00. The van der Waals surface area contributed by atoms with Gasteiger partial charge in [0.15, 0.2) is 0 Å². The van der Waals surface area contributed by atoms with E-state index in [-0.39, 0.29) is 12.1 Å². The quantitative estimate of drug-likeness (QED) is 0.751. The lowest BCUT2D eigenvalue weighted by Gasteiger charge is -2.49. The highest BCUT2D eigenvalue weighted by molar-refractivity contribution is 5.66. The van der Waals surface area contributed by atoms with Gasteiger partial charge in [0, 0.05) is 6.92 Å². The zero-order chi connectivity index (χ0) is 16.9. The number of carbonyl (C=O) groups excluding carboxylic acids is 1. The van der Waals surface area contributed by atoms with Gasteiger partial charge < -0.3 is 9.47 Å². The Morgan fingerprint density at radius 3 is 2.88 bits per heavy atom. The van der Waals surface area contributed by atoms with Crippen LogP contribution in [-0.4, -0.2) is 19.2 Å². The molecule has 3 heteroatoms. The van der Waals surface area contributed by atoms with Crippen LogP contribution in [0.4, 0.5) is 0 Å². The monoisotopic (exact) mass is 328 g/mol. The molecule has 0 spiro atoms. The first-order valence-electron chi connectivity index (χ1n) is 9.34. The molecule has 0 N–H and O–H groups in total. The zero-order valence-electron chi connectivity index (χ0n) is 15.0. The van der Waals surface area contributed by atoms with Crippen LogP contribution in [0.15, 0.2) is 18.2 Å². The number of hydrogen-bond donors (Lipinski definition) is 0. The highest BCUT2D eigenvalue weighted by Gasteiger charge is 2.53. The summed E-state index contributed by atoms with van der Waals surface area (Å²) in [6, 6.07) is 6.65. The third-order valence-corrected chi connectivity index (χ3v) is 7.00. The Hall–Kier alpha value is -1.51. The van der Waals surface area contributed by atoms with Crippen LogP contribution in [-0.2, 0) is 16.0 Å². The number of aryl methyl sites for hydroxylation is 1. The summed E-state index contributed by atoms with van der Waals surface area (Å²) in [5, 5.41) is 0. The third kappa shape index (κ3) is 2.53. The molecule has 130 valence electrons. The summed E-state index contributed by atoms with van der Waals surface area (Å²) in [4.78, 5) is 11.4. The van der Waals surface area contributed by atoms with Crippen LogP contribution < -0.4 is 4.74 Å². The SMILES string of the molecule is COc1ccc2c(c1)CC[C@@H]1[C@@H]2CC[C@]2(C)C[C@H](OC(C)=O)C[C@@H]12. The van der Waals surface area contributed by atoms with Gasteiger partial charge in [-0.1, -0.05) is 13.0 Å². The van der Waals surface area contributed by atoms with E-state index in [9.17, 15) is 4.79 Å². The first-order valence-corrected chi connectivity index (χ1v) is 9.34. The maximum atomic E-state index is 11.4. The molecule has 24 heavy (non-hydrogen) atoms. The second kappa shape index (κ2) is 5.79. The van der Waals surface area contributed by atoms with E-state index in [1.807, 2.05) is 0 Å². The molecule has 0 aliphatic heterocycles. The molecule has 0 radical (unpaired) electrons. The van der Waals surface area contributed by atoms with E-state index in [0.717, 1.165) is 30.9 Å². The Labute approximate surface area is 144 Å². The number of carbonyl (C=O) groups is 1. The number of hydrogen-bond acceptors (Lipinski definition) is 3.